The first-order valence-corrected chi connectivity index (χ1v) is 11.1. The van der Waals surface area contributed by atoms with Gasteiger partial charge in [-0.1, -0.05) is 93.3 Å². The van der Waals surface area contributed by atoms with Gasteiger partial charge in [0.25, 0.3) is 0 Å². The summed E-state index contributed by atoms with van der Waals surface area (Å²) >= 11 is 3.46. The Morgan fingerprint density at radius 3 is 1.76 bits per heavy atom. The number of halogens is 1. The van der Waals surface area contributed by atoms with E-state index in [9.17, 15) is 5.11 Å². The Labute approximate surface area is 164 Å². The van der Waals surface area contributed by atoms with Crippen molar-refractivity contribution in [3.8, 4) is 0 Å². The fourth-order valence-electron chi connectivity index (χ4n) is 3.21. The molecule has 0 saturated carbocycles. The van der Waals surface area contributed by atoms with Gasteiger partial charge in [0.2, 0.25) is 0 Å². The van der Waals surface area contributed by atoms with Crippen LogP contribution in [0.2, 0.25) is 0 Å². The standard InChI is InChI=1S/C22H38BrNO/c1-3-5-7-9-11-17-24(18-12-10-8-6-4-2)19-22(25)20-13-15-21(23)16-14-20/h13-16,22,25H,3-12,17-19H2,1-2H3. The summed E-state index contributed by atoms with van der Waals surface area (Å²) in [5.41, 5.74) is 1.02. The molecule has 0 aromatic heterocycles. The Morgan fingerprint density at radius 1 is 0.800 bits per heavy atom. The van der Waals surface area contributed by atoms with Gasteiger partial charge in [0.1, 0.15) is 0 Å². The molecule has 144 valence electrons. The molecule has 1 atom stereocenters. The smallest absolute Gasteiger partial charge is 0.0916 e. The molecule has 1 N–H and O–H groups in total. The van der Waals surface area contributed by atoms with Crippen LogP contribution in [-0.2, 0) is 0 Å². The predicted octanol–water partition coefficient (Wildman–Crippen LogP) is 6.73. The van der Waals surface area contributed by atoms with Crippen LogP contribution in [0.1, 0.15) is 89.7 Å². The van der Waals surface area contributed by atoms with Gasteiger partial charge >= 0.3 is 0 Å². The van der Waals surface area contributed by atoms with E-state index in [2.05, 4.69) is 34.7 Å². The maximum Gasteiger partial charge on any atom is 0.0916 e. The molecule has 0 aliphatic heterocycles. The van der Waals surface area contributed by atoms with Gasteiger partial charge in [-0.2, -0.15) is 0 Å². The van der Waals surface area contributed by atoms with Gasteiger partial charge in [-0.25, -0.2) is 0 Å². The van der Waals surface area contributed by atoms with Crippen LogP contribution >= 0.6 is 15.9 Å². The minimum Gasteiger partial charge on any atom is -0.387 e. The van der Waals surface area contributed by atoms with E-state index in [1.165, 1.54) is 64.2 Å². The third-order valence-electron chi connectivity index (χ3n) is 4.84. The van der Waals surface area contributed by atoms with E-state index in [0.29, 0.717) is 0 Å². The molecule has 0 radical (unpaired) electrons. The van der Waals surface area contributed by atoms with Crippen LogP contribution < -0.4 is 0 Å². The zero-order chi connectivity index (χ0) is 18.3. The van der Waals surface area contributed by atoms with E-state index >= 15 is 0 Å². The van der Waals surface area contributed by atoms with Gasteiger partial charge in [0.15, 0.2) is 0 Å². The van der Waals surface area contributed by atoms with E-state index in [0.717, 1.165) is 29.7 Å². The normalized spacial score (nSPS) is 12.7. The Balaban J connectivity index is 2.42. The van der Waals surface area contributed by atoms with Gasteiger partial charge in [-0.05, 0) is 43.6 Å². The van der Waals surface area contributed by atoms with Crippen molar-refractivity contribution in [2.24, 2.45) is 0 Å². The summed E-state index contributed by atoms with van der Waals surface area (Å²) in [7, 11) is 0. The predicted molar refractivity (Wildman–Crippen MR) is 113 cm³/mol. The first-order valence-electron chi connectivity index (χ1n) is 10.3. The summed E-state index contributed by atoms with van der Waals surface area (Å²) < 4.78 is 1.06. The number of nitrogens with zero attached hydrogens (tertiary/aromatic N) is 1. The summed E-state index contributed by atoms with van der Waals surface area (Å²) in [6, 6.07) is 8.07. The van der Waals surface area contributed by atoms with Crippen LogP contribution in [-0.4, -0.2) is 29.6 Å². The second-order valence-electron chi connectivity index (χ2n) is 7.20. The van der Waals surface area contributed by atoms with Crippen LogP contribution in [0.4, 0.5) is 0 Å². The second kappa shape index (κ2) is 14.8. The highest BCUT2D eigenvalue weighted by Gasteiger charge is 2.13. The summed E-state index contributed by atoms with van der Waals surface area (Å²) in [6.45, 7) is 7.51. The van der Waals surface area contributed by atoms with E-state index in [4.69, 9.17) is 0 Å². The fraction of sp³-hybridized carbons (Fsp3) is 0.727. The summed E-state index contributed by atoms with van der Waals surface area (Å²) in [5, 5.41) is 10.6. The largest absolute Gasteiger partial charge is 0.387 e. The number of aliphatic hydroxyl groups excluding tert-OH is 1. The average Bonchev–Trinajstić information content (AvgIpc) is 2.61. The minimum atomic E-state index is -0.389. The molecule has 0 amide bonds. The molecule has 25 heavy (non-hydrogen) atoms. The molecule has 1 rings (SSSR count). The Hall–Kier alpha value is -0.380. The van der Waals surface area contributed by atoms with Crippen molar-refractivity contribution < 1.29 is 5.11 Å². The highest BCUT2D eigenvalue weighted by Crippen LogP contribution is 2.19. The number of hydrogen-bond acceptors (Lipinski definition) is 2. The van der Waals surface area contributed by atoms with E-state index in [-0.39, 0.29) is 6.10 Å². The summed E-state index contributed by atoms with van der Waals surface area (Å²) in [5.74, 6) is 0. The lowest BCUT2D eigenvalue weighted by Crippen LogP contribution is -2.31. The highest BCUT2D eigenvalue weighted by molar-refractivity contribution is 9.10. The van der Waals surface area contributed by atoms with Gasteiger partial charge < -0.3 is 10.0 Å². The van der Waals surface area contributed by atoms with Crippen LogP contribution in [0.25, 0.3) is 0 Å². The SMILES string of the molecule is CCCCCCCN(CCCCCCC)CC(O)c1ccc(Br)cc1. The number of aliphatic hydroxyl groups is 1. The minimum absolute atomic E-state index is 0.389. The van der Waals surface area contributed by atoms with Crippen molar-refractivity contribution in [3.63, 3.8) is 0 Å². The van der Waals surface area contributed by atoms with Gasteiger partial charge in [-0.15, -0.1) is 0 Å². The molecule has 0 fully saturated rings. The van der Waals surface area contributed by atoms with Crippen molar-refractivity contribution in [1.29, 1.82) is 0 Å². The van der Waals surface area contributed by atoms with Crippen molar-refractivity contribution in [2.45, 2.75) is 84.2 Å². The quantitative estimate of drug-likeness (QED) is 0.323. The molecule has 1 aromatic carbocycles. The molecule has 3 heteroatoms. The maximum absolute atomic E-state index is 10.6. The third-order valence-corrected chi connectivity index (χ3v) is 5.37. The summed E-state index contributed by atoms with van der Waals surface area (Å²) in [6.07, 6.45) is 12.7. The molecule has 0 bridgehead atoms. The third kappa shape index (κ3) is 11.0. The average molecular weight is 412 g/mol. The molecule has 0 aliphatic carbocycles. The van der Waals surface area contributed by atoms with E-state index in [1.807, 2.05) is 24.3 Å². The topological polar surface area (TPSA) is 23.5 Å². The molecular formula is C22H38BrNO. The second-order valence-corrected chi connectivity index (χ2v) is 8.11. The number of hydrogen-bond donors (Lipinski definition) is 1. The molecule has 0 heterocycles. The van der Waals surface area contributed by atoms with Crippen molar-refractivity contribution in [1.82, 2.24) is 4.90 Å². The molecule has 1 unspecified atom stereocenters. The van der Waals surface area contributed by atoms with Gasteiger partial charge in [-0.3, -0.25) is 0 Å². The van der Waals surface area contributed by atoms with Crippen molar-refractivity contribution in [2.75, 3.05) is 19.6 Å². The van der Waals surface area contributed by atoms with E-state index in [1.54, 1.807) is 0 Å². The molecule has 0 aliphatic rings. The Kier molecular flexibility index (Phi) is 13.4. The Bertz CT molecular complexity index is 407. The lowest BCUT2D eigenvalue weighted by Gasteiger charge is -2.25. The zero-order valence-electron chi connectivity index (χ0n) is 16.4. The number of rotatable bonds is 15. The molecule has 0 spiro atoms. The molecule has 2 nitrogen and oxygen atoms in total. The van der Waals surface area contributed by atoms with Gasteiger partial charge in [0.05, 0.1) is 6.10 Å². The fourth-order valence-corrected chi connectivity index (χ4v) is 3.47. The molecule has 0 saturated heterocycles. The monoisotopic (exact) mass is 411 g/mol. The maximum atomic E-state index is 10.6. The highest BCUT2D eigenvalue weighted by atomic mass is 79.9. The van der Waals surface area contributed by atoms with Crippen LogP contribution in [0, 0.1) is 0 Å². The first kappa shape index (κ1) is 22.7. The van der Waals surface area contributed by atoms with Crippen molar-refractivity contribution in [3.05, 3.63) is 34.3 Å². The zero-order valence-corrected chi connectivity index (χ0v) is 17.9. The lowest BCUT2D eigenvalue weighted by atomic mass is 10.1. The molecule has 1 aromatic rings. The lowest BCUT2D eigenvalue weighted by molar-refractivity contribution is 0.110. The number of unbranched alkanes of at least 4 members (excludes halogenated alkanes) is 8. The van der Waals surface area contributed by atoms with Gasteiger partial charge in [0, 0.05) is 11.0 Å². The number of benzene rings is 1. The summed E-state index contributed by atoms with van der Waals surface area (Å²) in [4.78, 5) is 2.48. The van der Waals surface area contributed by atoms with Crippen LogP contribution in [0.3, 0.4) is 0 Å². The van der Waals surface area contributed by atoms with E-state index < -0.39 is 0 Å². The van der Waals surface area contributed by atoms with Crippen molar-refractivity contribution >= 4 is 15.9 Å². The van der Waals surface area contributed by atoms with Crippen LogP contribution in [0.15, 0.2) is 28.7 Å². The van der Waals surface area contributed by atoms with Crippen LogP contribution in [0.5, 0.6) is 0 Å². The molecular weight excluding hydrogens is 374 g/mol. The Morgan fingerprint density at radius 2 is 1.28 bits per heavy atom. The first-order chi connectivity index (χ1) is 12.2.